The number of carboxylic acid groups (broad SMARTS) is 1. The molecule has 90 valence electrons. The molecule has 5 heteroatoms. The summed E-state index contributed by atoms with van der Waals surface area (Å²) in [7, 11) is 0. The molecule has 1 rings (SSSR count). The van der Waals surface area contributed by atoms with E-state index in [1.54, 1.807) is 10.8 Å². The molecule has 0 aliphatic rings. The Labute approximate surface area is 95.1 Å². The van der Waals surface area contributed by atoms with Gasteiger partial charge in [-0.15, -0.1) is 0 Å². The van der Waals surface area contributed by atoms with E-state index in [-0.39, 0.29) is 18.0 Å². The van der Waals surface area contributed by atoms with Crippen LogP contribution >= 0.6 is 0 Å². The first kappa shape index (κ1) is 12.7. The van der Waals surface area contributed by atoms with Crippen LogP contribution in [0.4, 0.5) is 0 Å². The molecule has 1 N–H and O–H groups in total. The number of hydrogen-bond acceptors (Lipinski definition) is 3. The second kappa shape index (κ2) is 5.12. The molecule has 0 radical (unpaired) electrons. The lowest BCUT2D eigenvalue weighted by atomic mass is 10.4. The van der Waals surface area contributed by atoms with Crippen LogP contribution in [0.1, 0.15) is 50.0 Å². The molecular formula is C11H18N2O3. The van der Waals surface area contributed by atoms with Gasteiger partial charge in [0.1, 0.15) is 0 Å². The van der Waals surface area contributed by atoms with E-state index in [0.717, 1.165) is 0 Å². The van der Waals surface area contributed by atoms with Crippen molar-refractivity contribution in [1.82, 2.24) is 9.55 Å². The molecule has 0 fully saturated rings. The first-order valence-corrected chi connectivity index (χ1v) is 5.34. The Balaban J connectivity index is 2.88. The van der Waals surface area contributed by atoms with Crippen LogP contribution in [0.5, 0.6) is 0 Å². The zero-order valence-corrected chi connectivity index (χ0v) is 10.1. The summed E-state index contributed by atoms with van der Waals surface area (Å²) in [5.74, 6) is -0.943. The van der Waals surface area contributed by atoms with Gasteiger partial charge in [-0.3, -0.25) is 0 Å². The molecule has 0 aliphatic heterocycles. The lowest BCUT2D eigenvalue weighted by Crippen LogP contribution is -2.10. The number of aromatic nitrogens is 2. The average Bonchev–Trinajstić information content (AvgIpc) is 2.58. The van der Waals surface area contributed by atoms with Crippen molar-refractivity contribution in [2.45, 2.75) is 46.4 Å². The molecule has 0 spiro atoms. The van der Waals surface area contributed by atoms with E-state index in [1.807, 2.05) is 27.7 Å². The average molecular weight is 226 g/mol. The van der Waals surface area contributed by atoms with Crippen molar-refractivity contribution in [3.8, 4) is 0 Å². The number of carbonyl (C=O) groups is 1. The van der Waals surface area contributed by atoms with E-state index in [1.165, 1.54) is 0 Å². The molecule has 1 heterocycles. The normalized spacial score (nSPS) is 11.4. The number of rotatable bonds is 5. The predicted molar refractivity (Wildman–Crippen MR) is 59.5 cm³/mol. The molecule has 0 amide bonds. The van der Waals surface area contributed by atoms with E-state index in [4.69, 9.17) is 9.84 Å². The predicted octanol–water partition coefficient (Wildman–Crippen LogP) is 2.09. The molecule has 0 bridgehead atoms. The Kier molecular flexibility index (Phi) is 4.06. The van der Waals surface area contributed by atoms with Crippen LogP contribution in [0.2, 0.25) is 0 Å². The lowest BCUT2D eigenvalue weighted by Gasteiger charge is -2.07. The highest BCUT2D eigenvalue weighted by atomic mass is 16.5. The van der Waals surface area contributed by atoms with E-state index < -0.39 is 5.97 Å². The zero-order valence-electron chi connectivity index (χ0n) is 10.1. The van der Waals surface area contributed by atoms with Crippen molar-refractivity contribution in [2.75, 3.05) is 0 Å². The van der Waals surface area contributed by atoms with E-state index in [9.17, 15) is 4.79 Å². The van der Waals surface area contributed by atoms with Crippen LogP contribution < -0.4 is 0 Å². The topological polar surface area (TPSA) is 64.3 Å². The lowest BCUT2D eigenvalue weighted by molar-refractivity contribution is 0.0632. The maximum atomic E-state index is 11.0. The second-order valence-corrected chi connectivity index (χ2v) is 4.22. The van der Waals surface area contributed by atoms with E-state index in [2.05, 4.69) is 4.98 Å². The molecule has 0 atom stereocenters. The summed E-state index contributed by atoms with van der Waals surface area (Å²) in [5.41, 5.74) is 0.653. The van der Waals surface area contributed by atoms with Crippen LogP contribution in [0.25, 0.3) is 0 Å². The van der Waals surface area contributed by atoms with Gasteiger partial charge >= 0.3 is 5.97 Å². The third-order valence-corrected chi connectivity index (χ3v) is 2.09. The van der Waals surface area contributed by atoms with Gasteiger partial charge in [0, 0.05) is 12.2 Å². The maximum absolute atomic E-state index is 11.0. The van der Waals surface area contributed by atoms with Gasteiger partial charge in [0.2, 0.25) is 5.82 Å². The monoisotopic (exact) mass is 226 g/mol. The number of nitrogens with zero attached hydrogens (tertiary/aromatic N) is 2. The summed E-state index contributed by atoms with van der Waals surface area (Å²) < 4.78 is 7.03. The van der Waals surface area contributed by atoms with Crippen LogP contribution in [0, 0.1) is 0 Å². The Morgan fingerprint density at radius 1 is 1.50 bits per heavy atom. The smallest absolute Gasteiger partial charge is 0.372 e. The van der Waals surface area contributed by atoms with Crippen molar-refractivity contribution >= 4 is 5.97 Å². The number of hydrogen-bond donors (Lipinski definition) is 1. The van der Waals surface area contributed by atoms with E-state index in [0.29, 0.717) is 12.3 Å². The summed E-state index contributed by atoms with van der Waals surface area (Å²) in [6, 6.07) is 0.0754. The Bertz CT molecular complexity index is 369. The Morgan fingerprint density at radius 3 is 2.50 bits per heavy atom. The zero-order chi connectivity index (χ0) is 12.3. The van der Waals surface area contributed by atoms with Crippen molar-refractivity contribution in [3.05, 3.63) is 17.7 Å². The quantitative estimate of drug-likeness (QED) is 0.834. The van der Waals surface area contributed by atoms with Gasteiger partial charge in [-0.25, -0.2) is 9.78 Å². The van der Waals surface area contributed by atoms with Gasteiger partial charge in [-0.1, -0.05) is 0 Å². The van der Waals surface area contributed by atoms with Crippen molar-refractivity contribution in [2.24, 2.45) is 0 Å². The SMILES string of the molecule is CC(C)OCc1cn(C(C)C)c(C(=O)O)n1. The van der Waals surface area contributed by atoms with Gasteiger partial charge in [0.15, 0.2) is 0 Å². The van der Waals surface area contributed by atoms with Gasteiger partial charge in [-0.05, 0) is 27.7 Å². The highest BCUT2D eigenvalue weighted by Gasteiger charge is 2.16. The second-order valence-electron chi connectivity index (χ2n) is 4.22. The third-order valence-electron chi connectivity index (χ3n) is 2.09. The molecule has 0 saturated heterocycles. The molecule has 1 aromatic heterocycles. The van der Waals surface area contributed by atoms with Crippen LogP contribution in [-0.4, -0.2) is 26.7 Å². The van der Waals surface area contributed by atoms with Crippen LogP contribution in [0.15, 0.2) is 6.20 Å². The summed E-state index contributed by atoms with van der Waals surface area (Å²) in [4.78, 5) is 15.0. The molecule has 5 nitrogen and oxygen atoms in total. The summed E-state index contributed by atoms with van der Waals surface area (Å²) in [6.07, 6.45) is 1.84. The minimum atomic E-state index is -1.01. The maximum Gasteiger partial charge on any atom is 0.372 e. The molecule has 0 unspecified atom stereocenters. The first-order valence-electron chi connectivity index (χ1n) is 5.34. The fourth-order valence-electron chi connectivity index (χ4n) is 1.32. The highest BCUT2D eigenvalue weighted by Crippen LogP contribution is 2.12. The number of carboxylic acids is 1. The van der Waals surface area contributed by atoms with Gasteiger partial charge in [-0.2, -0.15) is 0 Å². The summed E-state index contributed by atoms with van der Waals surface area (Å²) in [6.45, 7) is 8.04. The summed E-state index contributed by atoms with van der Waals surface area (Å²) >= 11 is 0. The Hall–Kier alpha value is -1.36. The number of imidazole rings is 1. The fraction of sp³-hybridized carbons (Fsp3) is 0.636. The van der Waals surface area contributed by atoms with Gasteiger partial charge < -0.3 is 14.4 Å². The largest absolute Gasteiger partial charge is 0.475 e. The third kappa shape index (κ3) is 3.06. The van der Waals surface area contributed by atoms with Crippen molar-refractivity contribution in [1.29, 1.82) is 0 Å². The van der Waals surface area contributed by atoms with E-state index >= 15 is 0 Å². The molecule has 0 aliphatic carbocycles. The van der Waals surface area contributed by atoms with Crippen LogP contribution in [0.3, 0.4) is 0 Å². The number of ether oxygens (including phenoxy) is 1. The molecule has 0 saturated carbocycles. The number of aromatic carboxylic acids is 1. The standard InChI is InChI=1S/C11H18N2O3/c1-7(2)13-5-9(6-16-8(3)4)12-10(13)11(14)15/h5,7-8H,6H2,1-4H3,(H,14,15). The molecule has 0 aromatic carbocycles. The minimum Gasteiger partial charge on any atom is -0.475 e. The van der Waals surface area contributed by atoms with Crippen LogP contribution in [-0.2, 0) is 11.3 Å². The van der Waals surface area contributed by atoms with Gasteiger partial charge in [0.25, 0.3) is 0 Å². The minimum absolute atomic E-state index is 0.0670. The van der Waals surface area contributed by atoms with Crippen molar-refractivity contribution in [3.63, 3.8) is 0 Å². The molecular weight excluding hydrogens is 208 g/mol. The fourth-order valence-corrected chi connectivity index (χ4v) is 1.32. The summed E-state index contributed by atoms with van der Waals surface area (Å²) in [5, 5.41) is 8.98. The first-order chi connectivity index (χ1) is 7.41. The molecule has 16 heavy (non-hydrogen) atoms. The highest BCUT2D eigenvalue weighted by molar-refractivity contribution is 5.83. The molecule has 1 aromatic rings. The van der Waals surface area contributed by atoms with Crippen molar-refractivity contribution < 1.29 is 14.6 Å². The Morgan fingerprint density at radius 2 is 2.12 bits per heavy atom. The van der Waals surface area contributed by atoms with Gasteiger partial charge in [0.05, 0.1) is 18.4 Å².